The fourth-order valence-corrected chi connectivity index (χ4v) is 4.39. The Morgan fingerprint density at radius 1 is 1.05 bits per heavy atom. The number of hydrogen-bond acceptors (Lipinski definition) is 6. The van der Waals surface area contributed by atoms with Gasteiger partial charge in [-0.1, -0.05) is 79.4 Å². The molecule has 7 heteroatoms. The van der Waals surface area contributed by atoms with Gasteiger partial charge >= 0.3 is 6.09 Å². The molecular formula is C30H34N2O5. The first-order chi connectivity index (χ1) is 18.0. The maximum Gasteiger partial charge on any atom is 0.411 e. The number of ether oxygens (including phenoxy) is 3. The third-order valence-corrected chi connectivity index (χ3v) is 6.16. The van der Waals surface area contributed by atoms with Gasteiger partial charge in [0.05, 0.1) is 18.8 Å². The molecule has 1 saturated heterocycles. The third kappa shape index (κ3) is 7.74. The number of carbonyl (C=O) groups excluding carboxylic acids is 1. The maximum absolute atomic E-state index is 12.0. The number of aliphatic hydroxyl groups is 1. The molecule has 1 heterocycles. The van der Waals surface area contributed by atoms with E-state index in [9.17, 15) is 9.90 Å². The summed E-state index contributed by atoms with van der Waals surface area (Å²) in [5.74, 6) is 0. The molecule has 0 radical (unpaired) electrons. The van der Waals surface area contributed by atoms with Crippen LogP contribution in [-0.4, -0.2) is 42.4 Å². The zero-order valence-corrected chi connectivity index (χ0v) is 21.1. The molecule has 3 aromatic rings. The minimum Gasteiger partial charge on any atom is -0.445 e. The van der Waals surface area contributed by atoms with Crippen molar-refractivity contribution in [3.63, 3.8) is 0 Å². The second-order valence-corrected chi connectivity index (χ2v) is 9.17. The van der Waals surface area contributed by atoms with Gasteiger partial charge in [-0.25, -0.2) is 4.79 Å². The summed E-state index contributed by atoms with van der Waals surface area (Å²) in [6.45, 7) is 5.23. The monoisotopic (exact) mass is 502 g/mol. The van der Waals surface area contributed by atoms with E-state index >= 15 is 0 Å². The van der Waals surface area contributed by atoms with Crippen molar-refractivity contribution in [2.75, 3.05) is 25.5 Å². The Labute approximate surface area is 218 Å². The minimum atomic E-state index is -0.614. The van der Waals surface area contributed by atoms with Crippen LogP contribution < -0.4 is 5.32 Å². The number of anilines is 1. The zero-order chi connectivity index (χ0) is 26.0. The summed E-state index contributed by atoms with van der Waals surface area (Å²) in [7, 11) is 2.09. The van der Waals surface area contributed by atoms with Gasteiger partial charge in [0.2, 0.25) is 0 Å². The summed E-state index contributed by atoms with van der Waals surface area (Å²) in [6, 6.07) is 25.6. The predicted molar refractivity (Wildman–Crippen MR) is 143 cm³/mol. The number of amides is 1. The lowest BCUT2D eigenvalue weighted by Gasteiger charge is -2.38. The van der Waals surface area contributed by atoms with Crippen molar-refractivity contribution >= 4 is 11.8 Å². The summed E-state index contributed by atoms with van der Waals surface area (Å²) in [4.78, 5) is 14.3. The van der Waals surface area contributed by atoms with Crippen molar-refractivity contribution in [3.8, 4) is 0 Å². The molecule has 37 heavy (non-hydrogen) atoms. The standard InChI is InChI=1S/C30H34N2O5/c1-3-16-35-30(34)31-26-11-7-10-25(17-26)29-36-27(20-32(2)19-22-8-5-4-6-9-22)18-28(37-29)24-14-12-23(21-33)13-15-24/h3-15,17,27-29,33H,1,16,18-21H2,2H3,(H,31,34)/t27-,28+,29+/m0/s1. The van der Waals surface area contributed by atoms with Gasteiger partial charge in [0.25, 0.3) is 0 Å². The molecule has 1 aliphatic rings. The molecule has 3 atom stereocenters. The number of nitrogens with zero attached hydrogens (tertiary/aromatic N) is 1. The lowest BCUT2D eigenvalue weighted by atomic mass is 9.99. The number of rotatable bonds is 10. The highest BCUT2D eigenvalue weighted by molar-refractivity contribution is 5.84. The molecule has 0 aromatic heterocycles. The first-order valence-electron chi connectivity index (χ1n) is 12.4. The highest BCUT2D eigenvalue weighted by Gasteiger charge is 2.33. The molecule has 3 aromatic carbocycles. The second-order valence-electron chi connectivity index (χ2n) is 9.17. The number of hydrogen-bond donors (Lipinski definition) is 2. The SMILES string of the molecule is C=CCOC(=O)Nc1cccc([C@@H]2O[C@H](CN(C)Cc3ccccc3)C[C@H](c3ccc(CO)cc3)O2)c1. The molecule has 0 saturated carbocycles. The second kappa shape index (κ2) is 13.2. The van der Waals surface area contributed by atoms with Gasteiger partial charge in [0.1, 0.15) is 6.61 Å². The van der Waals surface area contributed by atoms with Crippen LogP contribution in [0.15, 0.2) is 91.5 Å². The Morgan fingerprint density at radius 2 is 1.84 bits per heavy atom. The van der Waals surface area contributed by atoms with Crippen LogP contribution >= 0.6 is 0 Å². The summed E-state index contributed by atoms with van der Waals surface area (Å²) in [5, 5.41) is 12.2. The van der Waals surface area contributed by atoms with Gasteiger partial charge in [0.15, 0.2) is 6.29 Å². The molecule has 0 aliphatic carbocycles. The molecule has 1 aliphatic heterocycles. The van der Waals surface area contributed by atoms with Crippen molar-refractivity contribution in [2.24, 2.45) is 0 Å². The number of nitrogens with one attached hydrogen (secondary N) is 1. The summed E-state index contributed by atoms with van der Waals surface area (Å²) in [6.07, 6.45) is 0.782. The average Bonchev–Trinajstić information content (AvgIpc) is 2.92. The molecule has 1 fully saturated rings. The highest BCUT2D eigenvalue weighted by Crippen LogP contribution is 2.38. The van der Waals surface area contributed by atoms with Crippen LogP contribution in [0.2, 0.25) is 0 Å². The largest absolute Gasteiger partial charge is 0.445 e. The Hall–Kier alpha value is -3.49. The quantitative estimate of drug-likeness (QED) is 0.352. The fourth-order valence-electron chi connectivity index (χ4n) is 4.39. The van der Waals surface area contributed by atoms with Crippen LogP contribution in [0, 0.1) is 0 Å². The van der Waals surface area contributed by atoms with Crippen molar-refractivity contribution in [2.45, 2.75) is 38.1 Å². The van der Waals surface area contributed by atoms with E-state index in [1.165, 1.54) is 11.6 Å². The van der Waals surface area contributed by atoms with E-state index in [1.54, 1.807) is 6.07 Å². The van der Waals surface area contributed by atoms with E-state index in [4.69, 9.17) is 14.2 Å². The van der Waals surface area contributed by atoms with Crippen molar-refractivity contribution < 1.29 is 24.1 Å². The van der Waals surface area contributed by atoms with Crippen LogP contribution in [0.25, 0.3) is 0 Å². The van der Waals surface area contributed by atoms with E-state index in [1.807, 2.05) is 60.7 Å². The van der Waals surface area contributed by atoms with Gasteiger partial charge in [-0.15, -0.1) is 0 Å². The van der Waals surface area contributed by atoms with Gasteiger partial charge < -0.3 is 19.3 Å². The Kier molecular flexibility index (Phi) is 9.46. The Balaban J connectivity index is 1.51. The average molecular weight is 503 g/mol. The van der Waals surface area contributed by atoms with E-state index in [-0.39, 0.29) is 25.4 Å². The van der Waals surface area contributed by atoms with E-state index in [0.29, 0.717) is 12.1 Å². The van der Waals surface area contributed by atoms with E-state index < -0.39 is 12.4 Å². The number of carbonyl (C=O) groups is 1. The predicted octanol–water partition coefficient (Wildman–Crippen LogP) is 5.59. The topological polar surface area (TPSA) is 80.3 Å². The molecule has 7 nitrogen and oxygen atoms in total. The van der Waals surface area contributed by atoms with Crippen LogP contribution in [0.5, 0.6) is 0 Å². The van der Waals surface area contributed by atoms with E-state index in [2.05, 4.69) is 36.0 Å². The molecular weight excluding hydrogens is 468 g/mol. The number of benzene rings is 3. The Morgan fingerprint density at radius 3 is 2.57 bits per heavy atom. The lowest BCUT2D eigenvalue weighted by Crippen LogP contribution is -2.37. The van der Waals surface area contributed by atoms with Crippen molar-refractivity contribution in [1.29, 1.82) is 0 Å². The van der Waals surface area contributed by atoms with Gasteiger partial charge in [-0.3, -0.25) is 10.2 Å². The summed E-state index contributed by atoms with van der Waals surface area (Å²) < 4.78 is 17.9. The molecule has 0 spiro atoms. The van der Waals surface area contributed by atoms with Crippen LogP contribution in [-0.2, 0) is 27.4 Å². The lowest BCUT2D eigenvalue weighted by molar-refractivity contribution is -0.252. The number of likely N-dealkylation sites (N-methyl/N-ethyl adjacent to an activating group) is 1. The van der Waals surface area contributed by atoms with Crippen molar-refractivity contribution in [1.82, 2.24) is 4.90 Å². The van der Waals surface area contributed by atoms with Crippen LogP contribution in [0.1, 0.15) is 41.1 Å². The van der Waals surface area contributed by atoms with Gasteiger partial charge in [0, 0.05) is 30.8 Å². The van der Waals surface area contributed by atoms with Gasteiger partial charge in [-0.2, -0.15) is 0 Å². The van der Waals surface area contributed by atoms with Gasteiger partial charge in [-0.05, 0) is 35.9 Å². The normalized spacial score (nSPS) is 19.4. The maximum atomic E-state index is 12.0. The molecule has 1 amide bonds. The fraction of sp³-hybridized carbons (Fsp3) is 0.300. The van der Waals surface area contributed by atoms with Crippen LogP contribution in [0.3, 0.4) is 0 Å². The summed E-state index contributed by atoms with van der Waals surface area (Å²) >= 11 is 0. The molecule has 194 valence electrons. The summed E-state index contributed by atoms with van der Waals surface area (Å²) in [5.41, 5.74) is 4.52. The van der Waals surface area contributed by atoms with Crippen molar-refractivity contribution in [3.05, 3.63) is 114 Å². The minimum absolute atomic E-state index is 0.000524. The van der Waals surface area contributed by atoms with Crippen LogP contribution in [0.4, 0.5) is 10.5 Å². The van der Waals surface area contributed by atoms with E-state index in [0.717, 1.165) is 29.8 Å². The zero-order valence-electron chi connectivity index (χ0n) is 21.1. The highest BCUT2D eigenvalue weighted by atomic mass is 16.7. The molecule has 0 bridgehead atoms. The molecule has 4 rings (SSSR count). The molecule has 0 unspecified atom stereocenters. The Bertz CT molecular complexity index is 1150. The first kappa shape index (κ1) is 26.6. The smallest absolute Gasteiger partial charge is 0.411 e. The number of aliphatic hydroxyl groups excluding tert-OH is 1. The molecule has 2 N–H and O–H groups in total. The third-order valence-electron chi connectivity index (χ3n) is 6.16. The first-order valence-corrected chi connectivity index (χ1v) is 12.4.